The predicted octanol–water partition coefficient (Wildman–Crippen LogP) is 7.35. The maximum atomic E-state index is 13.4. The molecule has 0 radical (unpaired) electrons. The molecular weight excluding hydrogens is 487 g/mol. The van der Waals surface area contributed by atoms with Crippen LogP contribution in [-0.2, 0) is 19.1 Å². The van der Waals surface area contributed by atoms with E-state index >= 15 is 0 Å². The van der Waals surface area contributed by atoms with E-state index in [0.29, 0.717) is 28.8 Å². The third kappa shape index (κ3) is 5.65. The van der Waals surface area contributed by atoms with Crippen LogP contribution in [0.5, 0.6) is 0 Å². The summed E-state index contributed by atoms with van der Waals surface area (Å²) >= 11 is 0. The number of benzene rings is 1. The molecular formula is C30H38F3N5. The third-order valence-electron chi connectivity index (χ3n) is 8.50. The molecule has 2 aliphatic rings. The summed E-state index contributed by atoms with van der Waals surface area (Å²) in [6.45, 7) is 7.98. The first-order chi connectivity index (χ1) is 18.2. The van der Waals surface area contributed by atoms with Crippen molar-refractivity contribution in [3.63, 3.8) is 0 Å². The lowest BCUT2D eigenvalue weighted by atomic mass is 9.85. The number of piperidine rings is 1. The number of nitrogens with one attached hydrogen (secondary N) is 1. The lowest BCUT2D eigenvalue weighted by Crippen LogP contribution is -2.42. The van der Waals surface area contributed by atoms with Gasteiger partial charge in [0.2, 0.25) is 0 Å². The summed E-state index contributed by atoms with van der Waals surface area (Å²) < 4.78 is 40.3. The van der Waals surface area contributed by atoms with E-state index in [2.05, 4.69) is 33.2 Å². The monoisotopic (exact) mass is 525 g/mol. The highest BCUT2D eigenvalue weighted by atomic mass is 19.4. The Bertz CT molecular complexity index is 1280. The summed E-state index contributed by atoms with van der Waals surface area (Å²) in [4.78, 5) is 16.9. The topological polar surface area (TPSA) is 53.9 Å². The molecule has 5 rings (SSSR count). The maximum absolute atomic E-state index is 13.4. The van der Waals surface area contributed by atoms with Crippen LogP contribution in [0.15, 0.2) is 24.3 Å². The molecule has 38 heavy (non-hydrogen) atoms. The molecule has 3 aromatic rings. The van der Waals surface area contributed by atoms with Crippen LogP contribution in [0, 0.1) is 13.8 Å². The van der Waals surface area contributed by atoms with Gasteiger partial charge in [0, 0.05) is 18.3 Å². The van der Waals surface area contributed by atoms with E-state index in [1.807, 2.05) is 6.92 Å². The number of aryl methyl sites for hydroxylation is 2. The van der Waals surface area contributed by atoms with Crippen LogP contribution in [0.2, 0.25) is 0 Å². The number of rotatable bonds is 6. The number of alkyl halides is 3. The molecule has 1 aliphatic carbocycles. The van der Waals surface area contributed by atoms with Crippen molar-refractivity contribution in [3.8, 4) is 0 Å². The van der Waals surface area contributed by atoms with Crippen LogP contribution in [0.25, 0.3) is 11.0 Å². The molecule has 0 amide bonds. The predicted molar refractivity (Wildman–Crippen MR) is 145 cm³/mol. The van der Waals surface area contributed by atoms with Crippen molar-refractivity contribution in [2.75, 3.05) is 18.4 Å². The fraction of sp³-hybridized carbons (Fsp3) is 0.567. The van der Waals surface area contributed by atoms with Gasteiger partial charge in [-0.1, -0.05) is 38.3 Å². The third-order valence-corrected chi connectivity index (χ3v) is 8.50. The maximum Gasteiger partial charge on any atom is 0.416 e. The zero-order chi connectivity index (χ0) is 26.9. The van der Waals surface area contributed by atoms with Crippen LogP contribution in [0.4, 0.5) is 19.0 Å². The second-order valence-corrected chi connectivity index (χ2v) is 10.9. The molecule has 204 valence electrons. The second-order valence-electron chi connectivity index (χ2n) is 10.9. The summed E-state index contributed by atoms with van der Waals surface area (Å²) in [5.74, 6) is 1.66. The Hall–Kier alpha value is -2.74. The zero-order valence-electron chi connectivity index (χ0n) is 22.7. The van der Waals surface area contributed by atoms with Crippen LogP contribution >= 0.6 is 0 Å². The molecule has 2 aromatic heterocycles. The zero-order valence-corrected chi connectivity index (χ0v) is 22.7. The Balaban J connectivity index is 1.40. The van der Waals surface area contributed by atoms with E-state index in [9.17, 15) is 13.2 Å². The number of anilines is 1. The fourth-order valence-corrected chi connectivity index (χ4v) is 6.37. The van der Waals surface area contributed by atoms with Crippen molar-refractivity contribution >= 4 is 16.9 Å². The standard InChI is InChI=1S/C30H38F3N5/c1-4-27-24(21-13-15-38(16-14-21)23-10-6-5-7-11-23)17-25-28(35-20(3)36-29(25)37-27)34-18-22-9-8-12-26(19(22)2)30(31,32)33/h8-9,12,17,21,23H,4-7,10-11,13-16,18H2,1-3H3,(H,34,35,36,37). The number of hydrogen-bond acceptors (Lipinski definition) is 5. The van der Waals surface area contributed by atoms with Crippen molar-refractivity contribution in [1.82, 2.24) is 19.9 Å². The number of nitrogens with zero attached hydrogens (tertiary/aromatic N) is 4. The van der Waals surface area contributed by atoms with Crippen molar-refractivity contribution in [2.45, 2.75) is 96.8 Å². The van der Waals surface area contributed by atoms with Crippen molar-refractivity contribution in [3.05, 3.63) is 58.0 Å². The first kappa shape index (κ1) is 26.9. The van der Waals surface area contributed by atoms with Gasteiger partial charge in [-0.05, 0) is 93.8 Å². The van der Waals surface area contributed by atoms with Crippen LogP contribution in [-0.4, -0.2) is 39.0 Å². The molecule has 1 aromatic carbocycles. The van der Waals surface area contributed by atoms with Gasteiger partial charge in [0.15, 0.2) is 5.65 Å². The van der Waals surface area contributed by atoms with Crippen LogP contribution in [0.3, 0.4) is 0 Å². The summed E-state index contributed by atoms with van der Waals surface area (Å²) in [6.07, 6.45) is 5.46. The molecule has 1 saturated carbocycles. The lowest BCUT2D eigenvalue weighted by molar-refractivity contribution is -0.138. The van der Waals surface area contributed by atoms with E-state index in [0.717, 1.165) is 55.5 Å². The molecule has 5 nitrogen and oxygen atoms in total. The minimum absolute atomic E-state index is 0.236. The van der Waals surface area contributed by atoms with Gasteiger partial charge in [0.1, 0.15) is 11.6 Å². The Morgan fingerprint density at radius 2 is 1.71 bits per heavy atom. The van der Waals surface area contributed by atoms with Gasteiger partial charge in [-0.3, -0.25) is 0 Å². The van der Waals surface area contributed by atoms with Gasteiger partial charge >= 0.3 is 6.18 Å². The summed E-state index contributed by atoms with van der Waals surface area (Å²) in [6, 6.07) is 7.26. The number of hydrogen-bond donors (Lipinski definition) is 1. The second kappa shape index (κ2) is 11.2. The molecule has 0 unspecified atom stereocenters. The van der Waals surface area contributed by atoms with E-state index in [4.69, 9.17) is 4.98 Å². The van der Waals surface area contributed by atoms with Crippen LogP contribution in [0.1, 0.15) is 91.6 Å². The average molecular weight is 526 g/mol. The number of aromatic nitrogens is 3. The Labute approximate surface area is 223 Å². The molecule has 1 saturated heterocycles. The highest BCUT2D eigenvalue weighted by Crippen LogP contribution is 2.36. The van der Waals surface area contributed by atoms with Crippen molar-refractivity contribution in [2.24, 2.45) is 0 Å². The van der Waals surface area contributed by atoms with Crippen molar-refractivity contribution < 1.29 is 13.2 Å². The first-order valence-corrected chi connectivity index (χ1v) is 14.1. The summed E-state index contributed by atoms with van der Waals surface area (Å²) in [5, 5.41) is 4.15. The van der Waals surface area contributed by atoms with E-state index in [-0.39, 0.29) is 12.1 Å². The lowest BCUT2D eigenvalue weighted by Gasteiger charge is -2.39. The first-order valence-electron chi connectivity index (χ1n) is 14.1. The van der Waals surface area contributed by atoms with Gasteiger partial charge < -0.3 is 10.2 Å². The summed E-state index contributed by atoms with van der Waals surface area (Å²) in [5.41, 5.74) is 3.23. The highest BCUT2D eigenvalue weighted by molar-refractivity contribution is 5.87. The highest BCUT2D eigenvalue weighted by Gasteiger charge is 2.33. The Morgan fingerprint density at radius 3 is 2.39 bits per heavy atom. The van der Waals surface area contributed by atoms with Crippen molar-refractivity contribution in [1.29, 1.82) is 0 Å². The molecule has 0 spiro atoms. The minimum Gasteiger partial charge on any atom is -0.365 e. The smallest absolute Gasteiger partial charge is 0.365 e. The van der Waals surface area contributed by atoms with Gasteiger partial charge in [-0.2, -0.15) is 13.2 Å². The fourth-order valence-electron chi connectivity index (χ4n) is 6.37. The Kier molecular flexibility index (Phi) is 7.89. The molecule has 1 aliphatic heterocycles. The SMILES string of the molecule is CCc1nc2nc(C)nc(NCc3cccc(C(F)(F)F)c3C)c2cc1C1CCN(C2CCCCC2)CC1. The minimum atomic E-state index is -4.37. The quantitative estimate of drug-likeness (QED) is 0.365. The largest absolute Gasteiger partial charge is 0.416 e. The van der Waals surface area contributed by atoms with Crippen LogP contribution < -0.4 is 5.32 Å². The number of fused-ring (bicyclic) bond motifs is 1. The van der Waals surface area contributed by atoms with Gasteiger partial charge in [-0.25, -0.2) is 15.0 Å². The normalized spacial score (nSPS) is 18.3. The van der Waals surface area contributed by atoms with Gasteiger partial charge in [-0.15, -0.1) is 0 Å². The summed E-state index contributed by atoms with van der Waals surface area (Å²) in [7, 11) is 0. The molecule has 3 heterocycles. The Morgan fingerprint density at radius 1 is 0.974 bits per heavy atom. The molecule has 8 heteroatoms. The molecule has 0 atom stereocenters. The molecule has 2 fully saturated rings. The molecule has 0 bridgehead atoms. The van der Waals surface area contributed by atoms with Gasteiger partial charge in [0.25, 0.3) is 0 Å². The average Bonchev–Trinajstić information content (AvgIpc) is 2.91. The van der Waals surface area contributed by atoms with E-state index in [1.54, 1.807) is 6.07 Å². The molecule has 1 N–H and O–H groups in total. The van der Waals surface area contributed by atoms with E-state index < -0.39 is 11.7 Å². The number of pyridine rings is 1. The van der Waals surface area contributed by atoms with Gasteiger partial charge in [0.05, 0.1) is 10.9 Å². The number of halogens is 3. The number of likely N-dealkylation sites (tertiary alicyclic amines) is 1. The van der Waals surface area contributed by atoms with E-state index in [1.165, 1.54) is 50.7 Å².